The lowest BCUT2D eigenvalue weighted by Gasteiger charge is -2.35. The van der Waals surface area contributed by atoms with Crippen molar-refractivity contribution in [3.63, 3.8) is 0 Å². The Labute approximate surface area is 139 Å². The highest BCUT2D eigenvalue weighted by Gasteiger charge is 2.37. The standard InChI is InChI=1S/C16H19F3N2O.ClH/c1-21(14-8-12-5-6-13(9-14)20-12)15(22)10-3-2-4-11(7-10)16(17,18)19;/h2-4,7,12-14,20H,5-6,8-9H2,1H3;1H. The number of rotatable bonds is 2. The Hall–Kier alpha value is -1.27. The van der Waals surface area contributed by atoms with Gasteiger partial charge in [0.25, 0.3) is 5.91 Å². The Morgan fingerprint density at radius 2 is 1.83 bits per heavy atom. The summed E-state index contributed by atoms with van der Waals surface area (Å²) in [6.07, 6.45) is -0.447. The van der Waals surface area contributed by atoms with Crippen molar-refractivity contribution in [1.82, 2.24) is 10.2 Å². The fourth-order valence-electron chi connectivity index (χ4n) is 3.54. The molecule has 2 unspecified atom stereocenters. The number of carbonyl (C=O) groups excluding carboxylic acids is 1. The summed E-state index contributed by atoms with van der Waals surface area (Å²) < 4.78 is 38.3. The number of amides is 1. The molecule has 1 amide bonds. The second-order valence-electron chi connectivity index (χ2n) is 6.26. The Morgan fingerprint density at radius 1 is 1.22 bits per heavy atom. The first-order valence-electron chi connectivity index (χ1n) is 7.55. The predicted molar refractivity (Wildman–Crippen MR) is 83.8 cm³/mol. The van der Waals surface area contributed by atoms with Crippen LogP contribution < -0.4 is 5.32 Å². The molecule has 2 heterocycles. The molecule has 7 heteroatoms. The third-order valence-electron chi connectivity index (χ3n) is 4.75. The van der Waals surface area contributed by atoms with Crippen LogP contribution in [0.15, 0.2) is 24.3 Å². The summed E-state index contributed by atoms with van der Waals surface area (Å²) in [6.45, 7) is 0. The zero-order chi connectivity index (χ0) is 15.9. The number of benzene rings is 1. The van der Waals surface area contributed by atoms with Crippen LogP contribution >= 0.6 is 12.4 Å². The van der Waals surface area contributed by atoms with Crippen LogP contribution in [0.2, 0.25) is 0 Å². The molecular formula is C16H20ClF3N2O. The van der Waals surface area contributed by atoms with Gasteiger partial charge in [-0.05, 0) is 43.9 Å². The molecule has 2 aliphatic rings. The summed E-state index contributed by atoms with van der Waals surface area (Å²) in [5.74, 6) is -0.336. The number of hydrogen-bond acceptors (Lipinski definition) is 2. The molecule has 3 rings (SSSR count). The molecule has 23 heavy (non-hydrogen) atoms. The minimum absolute atomic E-state index is 0. The summed E-state index contributed by atoms with van der Waals surface area (Å²) >= 11 is 0. The Kier molecular flexibility index (Phi) is 5.26. The number of nitrogens with zero attached hydrogens (tertiary/aromatic N) is 1. The molecule has 1 N–H and O–H groups in total. The third kappa shape index (κ3) is 3.80. The van der Waals surface area contributed by atoms with E-state index in [2.05, 4.69) is 5.32 Å². The van der Waals surface area contributed by atoms with Gasteiger partial charge >= 0.3 is 6.18 Å². The van der Waals surface area contributed by atoms with Crippen molar-refractivity contribution in [1.29, 1.82) is 0 Å². The van der Waals surface area contributed by atoms with Crippen LogP contribution in [-0.2, 0) is 6.18 Å². The van der Waals surface area contributed by atoms with E-state index >= 15 is 0 Å². The average molecular weight is 349 g/mol. The lowest BCUT2D eigenvalue weighted by atomic mass is 9.97. The van der Waals surface area contributed by atoms with Gasteiger partial charge in [-0.25, -0.2) is 0 Å². The van der Waals surface area contributed by atoms with Crippen LogP contribution in [0.5, 0.6) is 0 Å². The maximum atomic E-state index is 12.8. The number of hydrogen-bond donors (Lipinski definition) is 1. The monoisotopic (exact) mass is 348 g/mol. The van der Waals surface area contributed by atoms with E-state index in [4.69, 9.17) is 0 Å². The molecule has 0 saturated carbocycles. The number of halogens is 4. The average Bonchev–Trinajstić information content (AvgIpc) is 2.83. The normalized spacial score (nSPS) is 26.5. The number of fused-ring (bicyclic) bond motifs is 2. The van der Waals surface area contributed by atoms with Crippen molar-refractivity contribution < 1.29 is 18.0 Å². The van der Waals surface area contributed by atoms with E-state index in [9.17, 15) is 18.0 Å². The highest BCUT2D eigenvalue weighted by atomic mass is 35.5. The maximum Gasteiger partial charge on any atom is 0.416 e. The molecule has 0 radical (unpaired) electrons. The molecule has 2 bridgehead atoms. The van der Waals surface area contributed by atoms with E-state index in [0.29, 0.717) is 12.1 Å². The van der Waals surface area contributed by atoms with E-state index < -0.39 is 11.7 Å². The molecule has 2 fully saturated rings. The van der Waals surface area contributed by atoms with E-state index in [-0.39, 0.29) is 29.9 Å². The molecular weight excluding hydrogens is 329 g/mol. The number of alkyl halides is 3. The second kappa shape index (κ2) is 6.69. The van der Waals surface area contributed by atoms with Gasteiger partial charge in [0, 0.05) is 30.7 Å². The maximum absolute atomic E-state index is 12.8. The van der Waals surface area contributed by atoms with Gasteiger partial charge in [-0.1, -0.05) is 6.07 Å². The van der Waals surface area contributed by atoms with E-state index in [0.717, 1.165) is 37.8 Å². The predicted octanol–water partition coefficient (Wildman–Crippen LogP) is 3.48. The van der Waals surface area contributed by atoms with Crippen LogP contribution in [0.25, 0.3) is 0 Å². The first-order chi connectivity index (χ1) is 10.3. The fourth-order valence-corrected chi connectivity index (χ4v) is 3.54. The van der Waals surface area contributed by atoms with Crippen LogP contribution in [0.4, 0.5) is 13.2 Å². The topological polar surface area (TPSA) is 32.3 Å². The van der Waals surface area contributed by atoms with Crippen LogP contribution in [-0.4, -0.2) is 36.0 Å². The number of carbonyl (C=O) groups is 1. The fraction of sp³-hybridized carbons (Fsp3) is 0.562. The van der Waals surface area contributed by atoms with Crippen molar-refractivity contribution in [2.75, 3.05) is 7.05 Å². The van der Waals surface area contributed by atoms with Gasteiger partial charge in [0.15, 0.2) is 0 Å². The Morgan fingerprint density at radius 3 is 2.39 bits per heavy atom. The lowest BCUT2D eigenvalue weighted by Crippen LogP contribution is -2.48. The molecule has 3 nitrogen and oxygen atoms in total. The van der Waals surface area contributed by atoms with Crippen LogP contribution in [0.3, 0.4) is 0 Å². The molecule has 2 aliphatic heterocycles. The highest BCUT2D eigenvalue weighted by Crippen LogP contribution is 2.32. The smallest absolute Gasteiger partial charge is 0.339 e. The summed E-state index contributed by atoms with van der Waals surface area (Å²) in [4.78, 5) is 14.1. The van der Waals surface area contributed by atoms with Crippen molar-refractivity contribution in [3.8, 4) is 0 Å². The van der Waals surface area contributed by atoms with Gasteiger partial charge in [0.05, 0.1) is 5.56 Å². The first kappa shape index (κ1) is 18.1. The van der Waals surface area contributed by atoms with Crippen molar-refractivity contribution in [2.24, 2.45) is 0 Å². The Balaban J connectivity index is 0.00000192. The van der Waals surface area contributed by atoms with E-state index in [1.807, 2.05) is 0 Å². The lowest BCUT2D eigenvalue weighted by molar-refractivity contribution is -0.137. The zero-order valence-corrected chi connectivity index (χ0v) is 13.6. The molecule has 2 saturated heterocycles. The second-order valence-corrected chi connectivity index (χ2v) is 6.26. The van der Waals surface area contributed by atoms with Crippen molar-refractivity contribution in [2.45, 2.75) is 50.0 Å². The summed E-state index contributed by atoms with van der Waals surface area (Å²) in [5.41, 5.74) is -0.680. The molecule has 0 aliphatic carbocycles. The minimum Gasteiger partial charge on any atom is -0.339 e. The molecule has 0 aromatic heterocycles. The molecule has 0 spiro atoms. The van der Waals surface area contributed by atoms with E-state index in [1.54, 1.807) is 11.9 Å². The quantitative estimate of drug-likeness (QED) is 0.887. The summed E-state index contributed by atoms with van der Waals surface area (Å²) in [5, 5.41) is 3.50. The van der Waals surface area contributed by atoms with Crippen molar-refractivity contribution in [3.05, 3.63) is 35.4 Å². The Bertz CT molecular complexity index is 567. The first-order valence-corrected chi connectivity index (χ1v) is 7.55. The molecule has 2 atom stereocenters. The largest absolute Gasteiger partial charge is 0.416 e. The van der Waals surface area contributed by atoms with Gasteiger partial charge in [-0.2, -0.15) is 13.2 Å². The number of nitrogens with one attached hydrogen (secondary N) is 1. The minimum atomic E-state index is -4.43. The van der Waals surface area contributed by atoms with Crippen molar-refractivity contribution >= 4 is 18.3 Å². The third-order valence-corrected chi connectivity index (χ3v) is 4.75. The van der Waals surface area contributed by atoms with Gasteiger partial charge in [0.1, 0.15) is 0 Å². The molecule has 128 valence electrons. The van der Waals surface area contributed by atoms with E-state index in [1.165, 1.54) is 12.1 Å². The number of piperidine rings is 1. The van der Waals surface area contributed by atoms with Gasteiger partial charge in [-0.3, -0.25) is 4.79 Å². The van der Waals surface area contributed by atoms with Gasteiger partial charge < -0.3 is 10.2 Å². The zero-order valence-electron chi connectivity index (χ0n) is 12.8. The van der Waals surface area contributed by atoms with Gasteiger partial charge in [0.2, 0.25) is 0 Å². The van der Waals surface area contributed by atoms with Crippen LogP contribution in [0, 0.1) is 0 Å². The summed E-state index contributed by atoms with van der Waals surface area (Å²) in [6, 6.07) is 5.62. The van der Waals surface area contributed by atoms with Gasteiger partial charge in [-0.15, -0.1) is 12.4 Å². The summed E-state index contributed by atoms with van der Waals surface area (Å²) in [7, 11) is 1.69. The molecule has 1 aromatic rings. The SMILES string of the molecule is CN(C(=O)c1cccc(C(F)(F)F)c1)C1CC2CCC(C1)N2.Cl. The molecule has 1 aromatic carbocycles. The van der Waals surface area contributed by atoms with Crippen LogP contribution in [0.1, 0.15) is 41.6 Å². The highest BCUT2D eigenvalue weighted by molar-refractivity contribution is 5.94.